The molecule has 0 aliphatic carbocycles. The zero-order valence-electron chi connectivity index (χ0n) is 78.0. The van der Waals surface area contributed by atoms with Gasteiger partial charge in [-0.25, -0.2) is 13.4 Å². The number of rotatable bonds is 54. The molecule has 6 rings (SSSR count). The molecule has 13 atom stereocenters. The van der Waals surface area contributed by atoms with Crippen LogP contribution in [-0.2, 0) is 111 Å². The first-order chi connectivity index (χ1) is 65.5. The SMILES string of the molecule is CCCCCCCCCCCCCCCC(=O)NS(=O)(=O)CCCC(=O)N[C@@H](CCC(=O)O)C(=O)N[C@@H](CO)C(=O)N[C@@H](CCC(N)=O)C(=O)N[C@@H](Cc1c[nH]cn1)C(=O)N[C@@H](CO)C(=O)N[C@@H](CCCC)C(=O)N[C@H]1CCC(=O)CNCCCC[C@@H](C(N)=O)NC(=O)[C@H](Cc2c[nH]c3ccccc23)NC(=O)[C@H](CCCNC(=N)N)NC(=O)[C@@H](Cc2ccccc2)NC(=O)[C@@H]2C[C@@H](O)CN2C1=O. The van der Waals surface area contributed by atoms with Crippen molar-refractivity contribution >= 4 is 127 Å². The lowest BCUT2D eigenvalue weighted by atomic mass is 10.0. The number of H-pyrrole nitrogens is 2. The number of benzene rings is 2. The summed E-state index contributed by atoms with van der Waals surface area (Å²) in [5.41, 5.74) is 18.8. The van der Waals surface area contributed by atoms with Crippen molar-refractivity contribution in [2.75, 3.05) is 45.1 Å². The Hall–Kier alpha value is -12.6. The second-order valence-corrected chi connectivity index (χ2v) is 36.5. The number of ketones is 1. The predicted molar refractivity (Wildman–Crippen MR) is 502 cm³/mol. The number of fused-ring (bicyclic) bond motifs is 2. The minimum Gasteiger partial charge on any atom is -0.481 e. The summed E-state index contributed by atoms with van der Waals surface area (Å²) in [6.45, 7) is 0.876. The van der Waals surface area contributed by atoms with Crippen molar-refractivity contribution in [1.82, 2.24) is 93.7 Å². The molecule has 0 spiro atoms. The van der Waals surface area contributed by atoms with E-state index in [1.807, 2.05) is 4.72 Å². The van der Waals surface area contributed by atoms with E-state index in [2.05, 4.69) is 91.0 Å². The minimum atomic E-state index is -4.22. The number of guanidine groups is 1. The molecule has 0 radical (unpaired) electrons. The van der Waals surface area contributed by atoms with E-state index in [-0.39, 0.29) is 89.5 Å². The monoisotopic (exact) mass is 1940 g/mol. The van der Waals surface area contributed by atoms with Crippen LogP contribution in [0, 0.1) is 5.41 Å². The van der Waals surface area contributed by atoms with Crippen LogP contribution in [0.1, 0.15) is 230 Å². The van der Waals surface area contributed by atoms with Crippen molar-refractivity contribution < 1.29 is 110 Å². The molecule has 27 N–H and O–H groups in total. The number of primary amides is 2. The molecule has 2 aromatic heterocycles. The van der Waals surface area contributed by atoms with Gasteiger partial charge in [-0.05, 0) is 94.4 Å². The van der Waals surface area contributed by atoms with Gasteiger partial charge in [-0.2, -0.15) is 0 Å². The molecule has 2 aromatic carbocycles. The van der Waals surface area contributed by atoms with E-state index < -0.39 is 278 Å². The summed E-state index contributed by atoms with van der Waals surface area (Å²) in [5, 5.41) is 83.9. The molecule has 2 fully saturated rings. The quantitative estimate of drug-likeness (QED) is 0.0130. The number of aromatic amines is 2. The number of para-hydroxylation sites is 1. The summed E-state index contributed by atoms with van der Waals surface area (Å²) in [5.74, 6) is -18.5. The number of aliphatic hydroxyl groups is 3. The topological polar surface area (TPSA) is 723 Å². The van der Waals surface area contributed by atoms with Crippen molar-refractivity contribution in [2.24, 2.45) is 17.2 Å². The van der Waals surface area contributed by atoms with E-state index in [0.717, 1.165) is 37.0 Å². The highest BCUT2D eigenvalue weighted by molar-refractivity contribution is 7.90. The van der Waals surface area contributed by atoms with E-state index in [4.69, 9.17) is 22.6 Å². The van der Waals surface area contributed by atoms with E-state index in [1.165, 1.54) is 57.5 Å². The molecule has 2 aliphatic rings. The van der Waals surface area contributed by atoms with Crippen LogP contribution in [0.25, 0.3) is 10.9 Å². The second-order valence-electron chi connectivity index (χ2n) is 34.7. The van der Waals surface area contributed by atoms with E-state index in [9.17, 15) is 96.0 Å². The molecule has 15 amide bonds. The maximum absolute atomic E-state index is 15.4. The minimum absolute atomic E-state index is 0.000172. The average molecular weight is 1940 g/mol. The number of aliphatic hydroxyl groups excluding tert-OH is 3. The van der Waals surface area contributed by atoms with E-state index >= 15 is 14.4 Å². The lowest BCUT2D eigenvalue weighted by molar-refractivity contribution is -0.143. The van der Waals surface area contributed by atoms with Gasteiger partial charge in [0.1, 0.15) is 78.3 Å². The highest BCUT2D eigenvalue weighted by Crippen LogP contribution is 2.25. The van der Waals surface area contributed by atoms with Gasteiger partial charge in [0, 0.05) is 94.2 Å². The van der Waals surface area contributed by atoms with Crippen LogP contribution in [0.4, 0.5) is 0 Å². The molecular formula is C91H140N22O23S. The standard InChI is InChI=1S/C91H140N22O23S/c1-3-5-7-8-9-10-11-12-13-14-15-16-20-34-77(120)112-137(135,136)44-26-35-76(119)101-66(39-41-78(121)122)82(126)110-72(53-114)88(132)105-67(38-40-75(92)118)83(127)108-71(47-58-50-97-55-100-58)86(130)111-73(54-115)87(131)104-64(30-6-4-2)80(124)106-68-37-36-59(116)51-96-42-24-23-32-63(79(93)123)102-85(129)70(46-57-49-99-62-31-22-21-29-61(57)62)107-81(125)65(33-25-43-98-91(94)95)103-84(128)69(45-56-27-18-17-19-28-56)109-89(133)74-48-60(117)52-113(74)90(68)134/h17-19,21-22,27-29,31,49-50,55,60,63-74,96,99,114-115,117H,3-16,20,23-26,30,32-48,51-54H2,1-2H3,(H2,92,118)(H2,93,123)(H,97,100)(H,101,119)(H,102,129)(H,103,128)(H,104,131)(H,105,132)(H,106,124)(H,107,125)(H,108,127)(H,109,133)(H,110,126)(H,111,130)(H,112,120)(H,121,122)(H4,94,95,98)/t60-,63+,64+,65+,66+,67+,68+,69-,70+,71+,72+,73+,74+/m1/s1. The maximum Gasteiger partial charge on any atom is 0.303 e. The molecule has 45 nitrogen and oxygen atoms in total. The van der Waals surface area contributed by atoms with Gasteiger partial charge in [-0.3, -0.25) is 91.6 Å². The Morgan fingerprint density at radius 2 is 1.12 bits per heavy atom. The molecule has 137 heavy (non-hydrogen) atoms. The number of nitrogens with one attached hydrogen (secondary N) is 17. The van der Waals surface area contributed by atoms with Crippen LogP contribution in [0.15, 0.2) is 73.3 Å². The number of nitrogens with two attached hydrogens (primary N) is 3. The number of carbonyl (C=O) groups excluding carboxylic acids is 16. The summed E-state index contributed by atoms with van der Waals surface area (Å²) in [6.07, 6.45) is 11.9. The number of hydrogen-bond donors (Lipinski definition) is 24. The van der Waals surface area contributed by atoms with Gasteiger partial charge < -0.3 is 122 Å². The van der Waals surface area contributed by atoms with Gasteiger partial charge in [0.05, 0.1) is 43.6 Å². The summed E-state index contributed by atoms with van der Waals surface area (Å²) in [6, 6.07) is -4.54. The Kier molecular flexibility index (Phi) is 50.2. The number of Topliss-reactive ketones (excluding diaryl/α,β-unsaturated/α-hetero) is 1. The summed E-state index contributed by atoms with van der Waals surface area (Å²) in [7, 11) is -4.22. The molecule has 4 heterocycles. The van der Waals surface area contributed by atoms with Crippen molar-refractivity contribution in [3.8, 4) is 0 Å². The molecule has 2 aliphatic heterocycles. The first-order valence-corrected chi connectivity index (χ1v) is 48.9. The molecule has 4 aromatic rings. The summed E-state index contributed by atoms with van der Waals surface area (Å²) >= 11 is 0. The van der Waals surface area contributed by atoms with Gasteiger partial charge in [0.15, 0.2) is 5.96 Å². The van der Waals surface area contributed by atoms with Gasteiger partial charge in [0.25, 0.3) is 0 Å². The van der Waals surface area contributed by atoms with Crippen LogP contribution < -0.4 is 91.0 Å². The van der Waals surface area contributed by atoms with Gasteiger partial charge >= 0.3 is 5.97 Å². The first-order valence-electron chi connectivity index (χ1n) is 47.2. The van der Waals surface area contributed by atoms with Crippen molar-refractivity contribution in [3.63, 3.8) is 0 Å². The lowest BCUT2D eigenvalue weighted by Gasteiger charge is -2.31. The number of sulfonamides is 1. The van der Waals surface area contributed by atoms with Gasteiger partial charge in [-0.1, -0.05) is 152 Å². The number of hydrogen-bond acceptors (Lipinski definition) is 25. The number of carbonyl (C=O) groups is 17. The second kappa shape index (κ2) is 60.8. The first kappa shape index (κ1) is 113. The molecule has 2 saturated heterocycles. The van der Waals surface area contributed by atoms with Crippen LogP contribution in [0.3, 0.4) is 0 Å². The smallest absolute Gasteiger partial charge is 0.303 e. The Bertz CT molecular complexity index is 4760. The van der Waals surface area contributed by atoms with E-state index in [0.29, 0.717) is 41.3 Å². The molecule has 758 valence electrons. The number of unbranched alkanes of at least 4 members (excludes halogenated alkanes) is 13. The molecular weight excluding hydrogens is 1800 g/mol. The normalized spacial score (nSPS) is 19.2. The zero-order valence-corrected chi connectivity index (χ0v) is 78.8. The predicted octanol–water partition coefficient (Wildman–Crippen LogP) is -1.90. The maximum atomic E-state index is 15.4. The number of amides is 15. The highest BCUT2D eigenvalue weighted by atomic mass is 32.2. The van der Waals surface area contributed by atoms with E-state index in [1.54, 1.807) is 67.7 Å². The Balaban J connectivity index is 1.18. The van der Waals surface area contributed by atoms with Crippen LogP contribution >= 0.6 is 0 Å². The summed E-state index contributed by atoms with van der Waals surface area (Å²) < 4.78 is 27.7. The van der Waals surface area contributed by atoms with Gasteiger partial charge in [-0.15, -0.1) is 0 Å². The van der Waals surface area contributed by atoms with Crippen LogP contribution in [0.2, 0.25) is 0 Å². The fourth-order valence-corrected chi connectivity index (χ4v) is 16.9. The van der Waals surface area contributed by atoms with Crippen LogP contribution in [0.5, 0.6) is 0 Å². The van der Waals surface area contributed by atoms with Crippen molar-refractivity contribution in [2.45, 2.75) is 311 Å². The third kappa shape index (κ3) is 41.9. The largest absolute Gasteiger partial charge is 0.481 e. The van der Waals surface area contributed by atoms with Crippen molar-refractivity contribution in [3.05, 3.63) is 90.1 Å². The summed E-state index contributed by atoms with van der Waals surface area (Å²) in [4.78, 5) is 249. The number of carboxylic acids is 1. The third-order valence-electron chi connectivity index (χ3n) is 23.5. The molecule has 0 bridgehead atoms. The number of nitrogens with zero attached hydrogens (tertiary/aromatic N) is 2. The van der Waals surface area contributed by atoms with Crippen LogP contribution in [-0.4, -0.2) is 279 Å². The third-order valence-corrected chi connectivity index (χ3v) is 24.8. The van der Waals surface area contributed by atoms with Crippen molar-refractivity contribution in [1.29, 1.82) is 5.41 Å². The average Bonchev–Trinajstić information content (AvgIpc) is 1.74. The Labute approximate surface area is 796 Å². The molecule has 0 unspecified atom stereocenters. The van der Waals surface area contributed by atoms with Gasteiger partial charge in [0.2, 0.25) is 98.6 Å². The number of aromatic nitrogens is 3. The number of carboxylic acid groups (broad SMARTS) is 1. The Morgan fingerprint density at radius 1 is 0.569 bits per heavy atom. The molecule has 0 saturated carbocycles. The molecule has 46 heteroatoms. The Morgan fingerprint density at radius 3 is 1.73 bits per heavy atom. The lowest BCUT2D eigenvalue weighted by Crippen LogP contribution is -2.61. The fourth-order valence-electron chi connectivity index (χ4n) is 15.8. The highest BCUT2D eigenvalue weighted by Gasteiger charge is 2.45. The number of imidazole rings is 1. The fraction of sp³-hybridized carbons (Fsp3) is 0.615. The zero-order chi connectivity index (χ0) is 100. The number of aliphatic carboxylic acids is 1.